The van der Waals surface area contributed by atoms with Crippen LogP contribution in [0.25, 0.3) is 0 Å². The van der Waals surface area contributed by atoms with Gasteiger partial charge in [0, 0.05) is 56.3 Å². The van der Waals surface area contributed by atoms with Crippen LogP contribution in [0.1, 0.15) is 54.4 Å². The number of aldehydes is 1. The number of hydrogen-bond acceptors (Lipinski definition) is 5. The van der Waals surface area contributed by atoms with Crippen LogP contribution in [0.2, 0.25) is 0 Å². The molecule has 3 rings (SSSR count). The van der Waals surface area contributed by atoms with Crippen LogP contribution >= 0.6 is 0 Å². The number of carbonyl (C=O) groups is 4. The topological polar surface area (TPSA) is 107 Å². The molecule has 8 nitrogen and oxygen atoms in total. The number of nitrogens with zero attached hydrogens (tertiary/aromatic N) is 2. The molecule has 1 saturated heterocycles. The molecule has 0 spiro atoms. The first-order valence-electron chi connectivity index (χ1n) is 10.5. The second-order valence-corrected chi connectivity index (χ2v) is 8.01. The molecule has 0 radical (unpaired) electrons. The highest BCUT2D eigenvalue weighted by molar-refractivity contribution is 6.01. The number of nitrogens with one attached hydrogen (secondary N) is 1. The summed E-state index contributed by atoms with van der Waals surface area (Å²) < 4.78 is 0. The van der Waals surface area contributed by atoms with Gasteiger partial charge < -0.3 is 25.0 Å². The molecule has 8 heteroatoms. The van der Waals surface area contributed by atoms with Crippen LogP contribution in [0.5, 0.6) is 0 Å². The first-order chi connectivity index (χ1) is 14.4. The fourth-order valence-corrected chi connectivity index (χ4v) is 4.39. The van der Waals surface area contributed by atoms with Crippen molar-refractivity contribution in [3.63, 3.8) is 0 Å². The van der Waals surface area contributed by atoms with Crippen LogP contribution in [0.15, 0.2) is 18.2 Å². The molecule has 2 aliphatic heterocycles. The lowest BCUT2D eigenvalue weighted by Crippen LogP contribution is -2.38. The number of aliphatic carboxylic acids is 1. The summed E-state index contributed by atoms with van der Waals surface area (Å²) >= 11 is 0. The number of piperidine rings is 1. The molecule has 0 bridgehead atoms. The van der Waals surface area contributed by atoms with Crippen LogP contribution in [0.3, 0.4) is 0 Å². The summed E-state index contributed by atoms with van der Waals surface area (Å²) in [5, 5.41) is 11.4. The van der Waals surface area contributed by atoms with E-state index >= 15 is 0 Å². The number of benzene rings is 1. The molecule has 0 saturated carbocycles. The minimum absolute atomic E-state index is 0.155. The summed E-state index contributed by atoms with van der Waals surface area (Å²) in [4.78, 5) is 50.8. The van der Waals surface area contributed by atoms with Gasteiger partial charge in [-0.3, -0.25) is 14.4 Å². The van der Waals surface area contributed by atoms with Gasteiger partial charge in [0.25, 0.3) is 5.91 Å². The Labute approximate surface area is 176 Å². The normalized spacial score (nSPS) is 17.6. The van der Waals surface area contributed by atoms with Crippen molar-refractivity contribution < 1.29 is 24.3 Å². The van der Waals surface area contributed by atoms with E-state index in [4.69, 9.17) is 5.11 Å². The summed E-state index contributed by atoms with van der Waals surface area (Å²) in [5.74, 6) is -0.663. The van der Waals surface area contributed by atoms with Crippen molar-refractivity contribution in [1.82, 2.24) is 10.2 Å². The third kappa shape index (κ3) is 4.80. The average molecular weight is 415 g/mol. The van der Waals surface area contributed by atoms with Gasteiger partial charge in [0.2, 0.25) is 5.91 Å². The van der Waals surface area contributed by atoms with Crippen molar-refractivity contribution in [2.45, 2.75) is 51.1 Å². The largest absolute Gasteiger partial charge is 0.481 e. The van der Waals surface area contributed by atoms with E-state index in [1.54, 1.807) is 18.0 Å². The predicted molar refractivity (Wildman–Crippen MR) is 111 cm³/mol. The second-order valence-electron chi connectivity index (χ2n) is 8.01. The van der Waals surface area contributed by atoms with E-state index in [2.05, 4.69) is 10.2 Å². The van der Waals surface area contributed by atoms with E-state index in [9.17, 15) is 19.2 Å². The molecule has 2 amide bonds. The SMILES string of the molecule is CNC(=O)CCC(C=O)N1Cc2c(cccc2N2CCC(CCC(=O)O)CC2)C1=O. The van der Waals surface area contributed by atoms with Gasteiger partial charge in [0.15, 0.2) is 0 Å². The van der Waals surface area contributed by atoms with Crippen molar-refractivity contribution >= 4 is 29.8 Å². The van der Waals surface area contributed by atoms with Gasteiger partial charge in [0.1, 0.15) is 6.29 Å². The summed E-state index contributed by atoms with van der Waals surface area (Å²) in [6.07, 6.45) is 4.01. The van der Waals surface area contributed by atoms with E-state index < -0.39 is 12.0 Å². The van der Waals surface area contributed by atoms with Crippen molar-refractivity contribution in [3.05, 3.63) is 29.3 Å². The Morgan fingerprint density at radius 1 is 1.27 bits per heavy atom. The smallest absolute Gasteiger partial charge is 0.303 e. The van der Waals surface area contributed by atoms with Crippen LogP contribution in [-0.4, -0.2) is 60.3 Å². The first kappa shape index (κ1) is 21.8. The number of anilines is 1. The molecule has 1 aromatic rings. The van der Waals surface area contributed by atoms with E-state index in [0.29, 0.717) is 30.9 Å². The van der Waals surface area contributed by atoms with Crippen LogP contribution in [0.4, 0.5) is 5.69 Å². The van der Waals surface area contributed by atoms with Gasteiger partial charge >= 0.3 is 5.97 Å². The number of carbonyl (C=O) groups excluding carboxylic acids is 3. The van der Waals surface area contributed by atoms with E-state index in [-0.39, 0.29) is 24.7 Å². The fraction of sp³-hybridized carbons (Fsp3) is 0.545. The maximum Gasteiger partial charge on any atom is 0.303 e. The van der Waals surface area contributed by atoms with Crippen molar-refractivity contribution in [2.75, 3.05) is 25.0 Å². The lowest BCUT2D eigenvalue weighted by atomic mass is 9.91. The molecule has 1 fully saturated rings. The zero-order valence-corrected chi connectivity index (χ0v) is 17.3. The van der Waals surface area contributed by atoms with E-state index in [0.717, 1.165) is 43.5 Å². The Bertz CT molecular complexity index is 817. The third-order valence-electron chi connectivity index (χ3n) is 6.20. The Kier molecular flexibility index (Phi) is 7.07. The quantitative estimate of drug-likeness (QED) is 0.596. The van der Waals surface area contributed by atoms with Gasteiger partial charge in [-0.15, -0.1) is 0 Å². The molecule has 1 unspecified atom stereocenters. The van der Waals surface area contributed by atoms with E-state index in [1.807, 2.05) is 12.1 Å². The van der Waals surface area contributed by atoms with Gasteiger partial charge in [-0.1, -0.05) is 6.07 Å². The van der Waals surface area contributed by atoms with Gasteiger partial charge in [-0.25, -0.2) is 0 Å². The molecule has 30 heavy (non-hydrogen) atoms. The van der Waals surface area contributed by atoms with Gasteiger partial charge in [-0.2, -0.15) is 0 Å². The molecular weight excluding hydrogens is 386 g/mol. The fourth-order valence-electron chi connectivity index (χ4n) is 4.39. The molecule has 0 aromatic heterocycles. The van der Waals surface area contributed by atoms with Crippen molar-refractivity contribution in [2.24, 2.45) is 5.92 Å². The summed E-state index contributed by atoms with van der Waals surface area (Å²) in [5.41, 5.74) is 2.56. The summed E-state index contributed by atoms with van der Waals surface area (Å²) in [7, 11) is 1.55. The predicted octanol–water partition coefficient (Wildman–Crippen LogP) is 1.82. The third-order valence-corrected chi connectivity index (χ3v) is 6.20. The Morgan fingerprint density at radius 3 is 2.63 bits per heavy atom. The number of amides is 2. The van der Waals surface area contributed by atoms with E-state index in [1.165, 1.54) is 0 Å². The molecule has 162 valence electrons. The highest BCUT2D eigenvalue weighted by Gasteiger charge is 2.35. The lowest BCUT2D eigenvalue weighted by Gasteiger charge is -2.34. The molecule has 1 atom stereocenters. The Balaban J connectivity index is 1.69. The molecule has 2 heterocycles. The Morgan fingerprint density at radius 2 is 2.00 bits per heavy atom. The Hall–Kier alpha value is -2.90. The highest BCUT2D eigenvalue weighted by Crippen LogP contribution is 2.35. The second kappa shape index (κ2) is 9.73. The number of rotatable bonds is 9. The lowest BCUT2D eigenvalue weighted by molar-refractivity contribution is -0.137. The molecule has 2 N–H and O–H groups in total. The molecule has 2 aliphatic rings. The first-order valence-corrected chi connectivity index (χ1v) is 10.5. The van der Waals surface area contributed by atoms with Gasteiger partial charge in [0.05, 0.1) is 6.04 Å². The number of hydrogen-bond donors (Lipinski definition) is 2. The maximum absolute atomic E-state index is 12.9. The zero-order chi connectivity index (χ0) is 21.7. The van der Waals surface area contributed by atoms with Crippen molar-refractivity contribution in [3.8, 4) is 0 Å². The molecule has 1 aromatic carbocycles. The van der Waals surface area contributed by atoms with Crippen molar-refractivity contribution in [1.29, 1.82) is 0 Å². The standard InChI is InChI=1S/C22H29N3O5/c1-23-20(27)7-6-16(14-26)25-13-18-17(22(25)30)3-2-4-19(18)24-11-9-15(10-12-24)5-8-21(28)29/h2-4,14-16H,5-13H2,1H3,(H,23,27)(H,28,29). The van der Waals surface area contributed by atoms with Crippen LogP contribution < -0.4 is 10.2 Å². The summed E-state index contributed by atoms with van der Waals surface area (Å²) in [6.45, 7) is 2.01. The highest BCUT2D eigenvalue weighted by atomic mass is 16.4. The number of carboxylic acid groups (broad SMARTS) is 1. The molecular formula is C22H29N3O5. The molecule has 0 aliphatic carbocycles. The number of carboxylic acids is 1. The van der Waals surface area contributed by atoms with Crippen LogP contribution in [-0.2, 0) is 20.9 Å². The maximum atomic E-state index is 12.9. The summed E-state index contributed by atoms with van der Waals surface area (Å²) in [6, 6.07) is 5.04. The average Bonchev–Trinajstić information content (AvgIpc) is 3.09. The van der Waals surface area contributed by atoms with Crippen LogP contribution in [0, 0.1) is 5.92 Å². The number of fused-ring (bicyclic) bond motifs is 1. The minimum Gasteiger partial charge on any atom is -0.481 e. The monoisotopic (exact) mass is 415 g/mol. The minimum atomic E-state index is -0.752. The van der Waals surface area contributed by atoms with Gasteiger partial charge in [-0.05, 0) is 43.7 Å². The zero-order valence-electron chi connectivity index (χ0n) is 17.3.